The minimum Gasteiger partial charge on any atom is -0.467 e. The molecule has 20 heavy (non-hydrogen) atoms. The first kappa shape index (κ1) is 14.1. The molecule has 0 saturated carbocycles. The smallest absolute Gasteiger partial charge is 0.242 e. The van der Waals surface area contributed by atoms with Crippen molar-refractivity contribution in [3.63, 3.8) is 0 Å². The van der Waals surface area contributed by atoms with Gasteiger partial charge in [0.2, 0.25) is 5.91 Å². The maximum Gasteiger partial charge on any atom is 0.242 e. The Hall–Kier alpha value is -2.30. The lowest BCUT2D eigenvalue weighted by atomic mass is 10.2. The second-order valence-electron chi connectivity index (χ2n) is 4.68. The van der Waals surface area contributed by atoms with E-state index in [9.17, 15) is 9.18 Å². The predicted molar refractivity (Wildman–Crippen MR) is 74.8 cm³/mol. The number of carbonyl (C=O) groups excluding carboxylic acids is 1. The Kier molecular flexibility index (Phi) is 4.40. The van der Waals surface area contributed by atoms with Crippen LogP contribution in [0.25, 0.3) is 0 Å². The van der Waals surface area contributed by atoms with E-state index in [-0.39, 0.29) is 11.7 Å². The highest BCUT2D eigenvalue weighted by Gasteiger charge is 2.13. The molecule has 0 aliphatic heterocycles. The highest BCUT2D eigenvalue weighted by atomic mass is 19.1. The van der Waals surface area contributed by atoms with Gasteiger partial charge in [0.05, 0.1) is 12.8 Å². The van der Waals surface area contributed by atoms with Gasteiger partial charge in [0.25, 0.3) is 0 Å². The van der Waals surface area contributed by atoms with Crippen molar-refractivity contribution in [2.75, 3.05) is 5.32 Å². The lowest BCUT2D eigenvalue weighted by Gasteiger charge is -2.15. The van der Waals surface area contributed by atoms with E-state index in [1.54, 1.807) is 38.3 Å². The van der Waals surface area contributed by atoms with Crippen LogP contribution >= 0.6 is 0 Å². The second kappa shape index (κ2) is 6.23. The molecule has 5 heteroatoms. The molecule has 1 aromatic heterocycles. The Labute approximate surface area is 117 Å². The van der Waals surface area contributed by atoms with E-state index in [2.05, 4.69) is 10.6 Å². The molecule has 2 aromatic rings. The number of amides is 1. The van der Waals surface area contributed by atoms with Gasteiger partial charge < -0.3 is 15.1 Å². The summed E-state index contributed by atoms with van der Waals surface area (Å²) >= 11 is 0. The first-order chi connectivity index (χ1) is 9.54. The molecule has 4 nitrogen and oxygen atoms in total. The number of furan rings is 1. The highest BCUT2D eigenvalue weighted by molar-refractivity contribution is 5.84. The lowest BCUT2D eigenvalue weighted by molar-refractivity contribution is -0.121. The van der Waals surface area contributed by atoms with Gasteiger partial charge in [0.15, 0.2) is 0 Å². The third-order valence-corrected chi connectivity index (χ3v) is 2.84. The van der Waals surface area contributed by atoms with Crippen molar-refractivity contribution >= 4 is 11.6 Å². The third kappa shape index (κ3) is 3.85. The van der Waals surface area contributed by atoms with E-state index in [0.717, 1.165) is 5.56 Å². The van der Waals surface area contributed by atoms with Gasteiger partial charge in [-0.1, -0.05) is 0 Å². The van der Waals surface area contributed by atoms with Crippen LogP contribution in [-0.2, 0) is 11.3 Å². The van der Waals surface area contributed by atoms with E-state index in [4.69, 9.17) is 4.42 Å². The van der Waals surface area contributed by atoms with Crippen LogP contribution in [-0.4, -0.2) is 11.9 Å². The van der Waals surface area contributed by atoms with Crippen molar-refractivity contribution in [2.24, 2.45) is 0 Å². The molecule has 1 unspecified atom stereocenters. The zero-order chi connectivity index (χ0) is 14.5. The normalized spacial score (nSPS) is 11.9. The van der Waals surface area contributed by atoms with Crippen molar-refractivity contribution in [1.82, 2.24) is 5.32 Å². The molecule has 1 atom stereocenters. The monoisotopic (exact) mass is 276 g/mol. The van der Waals surface area contributed by atoms with Crippen molar-refractivity contribution in [3.8, 4) is 0 Å². The van der Waals surface area contributed by atoms with Crippen LogP contribution in [0, 0.1) is 12.7 Å². The largest absolute Gasteiger partial charge is 0.467 e. The number of benzene rings is 1. The SMILES string of the molecule is Cc1cc(F)cc(NC(C)C(=O)NCc2ccco2)c1. The van der Waals surface area contributed by atoms with Gasteiger partial charge in [-0.3, -0.25) is 4.79 Å². The van der Waals surface area contributed by atoms with Crippen molar-refractivity contribution in [1.29, 1.82) is 0 Å². The fourth-order valence-corrected chi connectivity index (χ4v) is 1.88. The zero-order valence-corrected chi connectivity index (χ0v) is 11.4. The summed E-state index contributed by atoms with van der Waals surface area (Å²) < 4.78 is 18.4. The maximum absolute atomic E-state index is 13.3. The number of hydrogen-bond acceptors (Lipinski definition) is 3. The zero-order valence-electron chi connectivity index (χ0n) is 11.4. The quantitative estimate of drug-likeness (QED) is 0.883. The summed E-state index contributed by atoms with van der Waals surface area (Å²) in [5.74, 6) is 0.186. The van der Waals surface area contributed by atoms with Gasteiger partial charge in [-0.25, -0.2) is 4.39 Å². The summed E-state index contributed by atoms with van der Waals surface area (Å²) in [6.45, 7) is 3.85. The average Bonchev–Trinajstić information content (AvgIpc) is 2.87. The van der Waals surface area contributed by atoms with E-state index in [1.165, 1.54) is 12.1 Å². The van der Waals surface area contributed by atoms with Crippen molar-refractivity contribution in [3.05, 3.63) is 53.7 Å². The van der Waals surface area contributed by atoms with Crippen LogP contribution in [0.2, 0.25) is 0 Å². The molecule has 1 heterocycles. The molecule has 0 aliphatic rings. The van der Waals surface area contributed by atoms with Crippen LogP contribution in [0.5, 0.6) is 0 Å². The second-order valence-corrected chi connectivity index (χ2v) is 4.68. The Morgan fingerprint density at radius 2 is 2.20 bits per heavy atom. The fourth-order valence-electron chi connectivity index (χ4n) is 1.88. The van der Waals surface area contributed by atoms with Crippen LogP contribution in [0.15, 0.2) is 41.0 Å². The number of rotatable bonds is 5. The van der Waals surface area contributed by atoms with E-state index in [1.807, 2.05) is 0 Å². The topological polar surface area (TPSA) is 54.3 Å². The van der Waals surface area contributed by atoms with Crippen molar-refractivity contribution < 1.29 is 13.6 Å². The Morgan fingerprint density at radius 3 is 2.85 bits per heavy atom. The Morgan fingerprint density at radius 1 is 1.40 bits per heavy atom. The molecule has 106 valence electrons. The van der Waals surface area contributed by atoms with Crippen LogP contribution in [0.3, 0.4) is 0 Å². The summed E-state index contributed by atoms with van der Waals surface area (Å²) in [6.07, 6.45) is 1.55. The molecule has 1 amide bonds. The molecule has 2 N–H and O–H groups in total. The summed E-state index contributed by atoms with van der Waals surface area (Å²) in [6, 6.07) is 7.67. The number of aryl methyl sites for hydroxylation is 1. The van der Waals surface area contributed by atoms with E-state index >= 15 is 0 Å². The molecular weight excluding hydrogens is 259 g/mol. The molecule has 1 aromatic carbocycles. The fraction of sp³-hybridized carbons (Fsp3) is 0.267. The molecule has 0 fully saturated rings. The Balaban J connectivity index is 1.90. The van der Waals surface area contributed by atoms with Gasteiger partial charge in [0, 0.05) is 5.69 Å². The van der Waals surface area contributed by atoms with Crippen LogP contribution in [0.4, 0.5) is 10.1 Å². The number of anilines is 1. The van der Waals surface area contributed by atoms with Crippen LogP contribution in [0.1, 0.15) is 18.2 Å². The van der Waals surface area contributed by atoms with E-state index < -0.39 is 6.04 Å². The third-order valence-electron chi connectivity index (χ3n) is 2.84. The molecule has 0 aliphatic carbocycles. The van der Waals surface area contributed by atoms with Crippen molar-refractivity contribution in [2.45, 2.75) is 26.4 Å². The Bertz CT molecular complexity index is 561. The molecule has 0 spiro atoms. The predicted octanol–water partition coefficient (Wildman–Crippen LogP) is 2.84. The number of hydrogen-bond donors (Lipinski definition) is 2. The average molecular weight is 276 g/mol. The minimum absolute atomic E-state index is 0.177. The first-order valence-corrected chi connectivity index (χ1v) is 6.38. The molecule has 0 radical (unpaired) electrons. The first-order valence-electron chi connectivity index (χ1n) is 6.38. The number of halogens is 1. The lowest BCUT2D eigenvalue weighted by Crippen LogP contribution is -2.37. The summed E-state index contributed by atoms with van der Waals surface area (Å²) in [5.41, 5.74) is 1.39. The van der Waals surface area contributed by atoms with Crippen LogP contribution < -0.4 is 10.6 Å². The standard InChI is InChI=1S/C15H17FN2O2/c1-10-6-12(16)8-13(7-10)18-11(2)15(19)17-9-14-4-3-5-20-14/h3-8,11,18H,9H2,1-2H3,(H,17,19). The minimum atomic E-state index is -0.467. The summed E-state index contributed by atoms with van der Waals surface area (Å²) in [7, 11) is 0. The molecule has 0 saturated heterocycles. The van der Waals surface area contributed by atoms with Gasteiger partial charge >= 0.3 is 0 Å². The van der Waals surface area contributed by atoms with Gasteiger partial charge in [0.1, 0.15) is 17.6 Å². The number of carbonyl (C=O) groups is 1. The summed E-state index contributed by atoms with van der Waals surface area (Å²) in [4.78, 5) is 11.9. The maximum atomic E-state index is 13.3. The molecule has 0 bridgehead atoms. The summed E-state index contributed by atoms with van der Waals surface area (Å²) in [5, 5.41) is 5.72. The van der Waals surface area contributed by atoms with E-state index in [0.29, 0.717) is 18.0 Å². The van der Waals surface area contributed by atoms with Gasteiger partial charge in [-0.05, 0) is 49.7 Å². The van der Waals surface area contributed by atoms with Gasteiger partial charge in [-0.2, -0.15) is 0 Å². The molecular formula is C15H17FN2O2. The number of nitrogens with one attached hydrogen (secondary N) is 2. The van der Waals surface area contributed by atoms with Gasteiger partial charge in [-0.15, -0.1) is 0 Å². The molecule has 2 rings (SSSR count). The highest BCUT2D eigenvalue weighted by Crippen LogP contribution is 2.14.